The van der Waals surface area contributed by atoms with Crippen LogP contribution in [0, 0.1) is 22.7 Å². The van der Waals surface area contributed by atoms with Crippen molar-refractivity contribution in [1.82, 2.24) is 5.32 Å². The van der Waals surface area contributed by atoms with Crippen LogP contribution >= 0.6 is 0 Å². The highest BCUT2D eigenvalue weighted by Crippen LogP contribution is 2.62. The van der Waals surface area contributed by atoms with E-state index in [1.54, 1.807) is 0 Å². The molecule has 0 aromatic rings. The van der Waals surface area contributed by atoms with Crippen LogP contribution in [0.25, 0.3) is 0 Å². The van der Waals surface area contributed by atoms with Gasteiger partial charge in [-0.2, -0.15) is 0 Å². The number of hydrogen-bond acceptors (Lipinski definition) is 2. The number of fused-ring (bicyclic) bond motifs is 2. The fraction of sp³-hybridized carbons (Fsp3) is 1.00. The molecule has 2 fully saturated rings. The van der Waals surface area contributed by atoms with Crippen molar-refractivity contribution in [3.63, 3.8) is 0 Å². The van der Waals surface area contributed by atoms with E-state index in [1.807, 2.05) is 0 Å². The van der Waals surface area contributed by atoms with Crippen molar-refractivity contribution in [2.45, 2.75) is 66.0 Å². The summed E-state index contributed by atoms with van der Waals surface area (Å²) in [5, 5.41) is 13.1. The zero-order valence-electron chi connectivity index (χ0n) is 12.1. The van der Waals surface area contributed by atoms with Crippen LogP contribution in [0.1, 0.15) is 53.9 Å². The highest BCUT2D eigenvalue weighted by Gasteiger charge is 2.59. The topological polar surface area (TPSA) is 32.3 Å². The van der Waals surface area contributed by atoms with Crippen LogP contribution in [0.15, 0.2) is 0 Å². The Balaban J connectivity index is 2.10. The average molecular weight is 239 g/mol. The molecular weight excluding hydrogens is 210 g/mol. The Morgan fingerprint density at radius 1 is 1.29 bits per heavy atom. The maximum atomic E-state index is 9.27. The van der Waals surface area contributed by atoms with Gasteiger partial charge in [-0.15, -0.1) is 0 Å². The summed E-state index contributed by atoms with van der Waals surface area (Å²) in [5.74, 6) is 1.23. The maximum absolute atomic E-state index is 9.27. The molecule has 0 amide bonds. The second-order valence-electron chi connectivity index (χ2n) is 7.46. The summed E-state index contributed by atoms with van der Waals surface area (Å²) in [7, 11) is 0. The lowest BCUT2D eigenvalue weighted by molar-refractivity contribution is 0.0856. The van der Waals surface area contributed by atoms with E-state index in [0.717, 1.165) is 5.92 Å². The van der Waals surface area contributed by atoms with Crippen LogP contribution in [-0.4, -0.2) is 23.8 Å². The van der Waals surface area contributed by atoms with Gasteiger partial charge >= 0.3 is 0 Å². The predicted molar refractivity (Wildman–Crippen MR) is 71.9 cm³/mol. The van der Waals surface area contributed by atoms with Crippen LogP contribution in [-0.2, 0) is 0 Å². The summed E-state index contributed by atoms with van der Waals surface area (Å²) in [5.41, 5.74) is 0.897. The Bertz CT molecular complexity index is 284. The number of nitrogens with one attached hydrogen (secondary N) is 1. The Labute approximate surface area is 106 Å². The van der Waals surface area contributed by atoms with E-state index in [4.69, 9.17) is 0 Å². The van der Waals surface area contributed by atoms with Crippen molar-refractivity contribution in [3.8, 4) is 0 Å². The number of rotatable bonds is 4. The molecule has 17 heavy (non-hydrogen) atoms. The third-order valence-electron chi connectivity index (χ3n) is 5.84. The monoisotopic (exact) mass is 239 g/mol. The molecule has 0 radical (unpaired) electrons. The zero-order valence-corrected chi connectivity index (χ0v) is 12.1. The van der Waals surface area contributed by atoms with Gasteiger partial charge in [-0.25, -0.2) is 0 Å². The normalized spacial score (nSPS) is 42.7. The standard InChI is InChI=1S/C15H29NO/c1-10(9-17)11(2)16-13-14(3,4)12-6-7-15(13,5)8-12/h10-13,16-17H,6-9H2,1-5H3/t10?,11?,12-,13?,15+/m0/s1. The Morgan fingerprint density at radius 3 is 2.41 bits per heavy atom. The average Bonchev–Trinajstić information content (AvgIpc) is 2.74. The summed E-state index contributed by atoms with van der Waals surface area (Å²) in [4.78, 5) is 0. The molecule has 0 heterocycles. The molecular formula is C15H29NO. The van der Waals surface area contributed by atoms with E-state index in [0.29, 0.717) is 28.8 Å². The fourth-order valence-corrected chi connectivity index (χ4v) is 4.30. The lowest BCUT2D eigenvalue weighted by Gasteiger charge is -2.45. The van der Waals surface area contributed by atoms with E-state index in [2.05, 4.69) is 39.9 Å². The van der Waals surface area contributed by atoms with Crippen LogP contribution in [0.2, 0.25) is 0 Å². The summed E-state index contributed by atoms with van der Waals surface area (Å²) in [6.45, 7) is 11.9. The first kappa shape index (κ1) is 13.4. The smallest absolute Gasteiger partial charge is 0.0471 e. The highest BCUT2D eigenvalue weighted by atomic mass is 16.3. The molecule has 0 spiro atoms. The lowest BCUT2D eigenvalue weighted by atomic mass is 9.68. The molecule has 2 aliphatic carbocycles. The molecule has 0 saturated heterocycles. The van der Waals surface area contributed by atoms with Crippen molar-refractivity contribution < 1.29 is 5.11 Å². The largest absolute Gasteiger partial charge is 0.396 e. The third-order valence-corrected chi connectivity index (χ3v) is 5.84. The van der Waals surface area contributed by atoms with Crippen LogP contribution in [0.5, 0.6) is 0 Å². The minimum absolute atomic E-state index is 0.279. The van der Waals surface area contributed by atoms with Gasteiger partial charge in [0.05, 0.1) is 0 Å². The van der Waals surface area contributed by atoms with Crippen LogP contribution < -0.4 is 5.32 Å². The molecule has 2 N–H and O–H groups in total. The van der Waals surface area contributed by atoms with Crippen molar-refractivity contribution in [2.75, 3.05) is 6.61 Å². The summed E-state index contributed by atoms with van der Waals surface area (Å²) >= 11 is 0. The molecule has 0 aromatic carbocycles. The third kappa shape index (κ3) is 2.04. The number of aliphatic hydroxyl groups excluding tert-OH is 1. The molecule has 5 atom stereocenters. The highest BCUT2D eigenvalue weighted by molar-refractivity contribution is 5.12. The number of hydrogen-bond donors (Lipinski definition) is 2. The molecule has 0 aromatic heterocycles. The lowest BCUT2D eigenvalue weighted by Crippen LogP contribution is -2.54. The molecule has 100 valence electrons. The van der Waals surface area contributed by atoms with Crippen molar-refractivity contribution in [2.24, 2.45) is 22.7 Å². The minimum Gasteiger partial charge on any atom is -0.396 e. The molecule has 2 heteroatoms. The van der Waals surface area contributed by atoms with Gasteiger partial charge < -0.3 is 10.4 Å². The van der Waals surface area contributed by atoms with Crippen molar-refractivity contribution in [1.29, 1.82) is 0 Å². The second kappa shape index (κ2) is 4.24. The van der Waals surface area contributed by atoms with Gasteiger partial charge in [-0.3, -0.25) is 0 Å². The van der Waals surface area contributed by atoms with Crippen molar-refractivity contribution >= 4 is 0 Å². The van der Waals surface area contributed by atoms with Gasteiger partial charge in [0, 0.05) is 18.7 Å². The number of aliphatic hydroxyl groups is 1. The summed E-state index contributed by atoms with van der Waals surface area (Å²) < 4.78 is 0. The Kier molecular flexibility index (Phi) is 3.33. The first-order valence-electron chi connectivity index (χ1n) is 7.18. The molecule has 2 aliphatic rings. The molecule has 3 unspecified atom stereocenters. The molecule has 2 rings (SSSR count). The molecule has 0 aliphatic heterocycles. The first-order chi connectivity index (χ1) is 7.81. The first-order valence-corrected chi connectivity index (χ1v) is 7.18. The van der Waals surface area contributed by atoms with E-state index >= 15 is 0 Å². The van der Waals surface area contributed by atoms with E-state index in [1.165, 1.54) is 19.3 Å². The SMILES string of the molecule is CC(CO)C(C)NC1C(C)(C)[C@H]2CC[C@]1(C)C2. The van der Waals surface area contributed by atoms with Gasteiger partial charge in [0.2, 0.25) is 0 Å². The summed E-state index contributed by atoms with van der Waals surface area (Å²) in [6.07, 6.45) is 4.17. The van der Waals surface area contributed by atoms with Gasteiger partial charge in [-0.05, 0) is 48.9 Å². The molecule has 2 saturated carbocycles. The van der Waals surface area contributed by atoms with E-state index < -0.39 is 0 Å². The maximum Gasteiger partial charge on any atom is 0.0471 e. The second-order valence-corrected chi connectivity index (χ2v) is 7.46. The van der Waals surface area contributed by atoms with Gasteiger partial charge in [0.25, 0.3) is 0 Å². The van der Waals surface area contributed by atoms with Gasteiger partial charge in [0.1, 0.15) is 0 Å². The van der Waals surface area contributed by atoms with Crippen LogP contribution in [0.4, 0.5) is 0 Å². The Hall–Kier alpha value is -0.0800. The van der Waals surface area contributed by atoms with E-state index in [-0.39, 0.29) is 6.61 Å². The van der Waals surface area contributed by atoms with Gasteiger partial charge in [0.15, 0.2) is 0 Å². The fourth-order valence-electron chi connectivity index (χ4n) is 4.30. The van der Waals surface area contributed by atoms with Crippen LogP contribution in [0.3, 0.4) is 0 Å². The predicted octanol–water partition coefficient (Wildman–Crippen LogP) is 2.81. The zero-order chi connectivity index (χ0) is 12.8. The molecule has 2 nitrogen and oxygen atoms in total. The van der Waals surface area contributed by atoms with Crippen molar-refractivity contribution in [3.05, 3.63) is 0 Å². The van der Waals surface area contributed by atoms with E-state index in [9.17, 15) is 5.11 Å². The summed E-state index contributed by atoms with van der Waals surface area (Å²) in [6, 6.07) is 1.01. The Morgan fingerprint density at radius 2 is 1.94 bits per heavy atom. The van der Waals surface area contributed by atoms with Gasteiger partial charge in [-0.1, -0.05) is 27.7 Å². The molecule has 2 bridgehead atoms. The minimum atomic E-state index is 0.279. The quantitative estimate of drug-likeness (QED) is 0.790.